The average Bonchev–Trinajstić information content (AvgIpc) is 2.83. The molecule has 88 valence electrons. The zero-order valence-corrected chi connectivity index (χ0v) is 10.6. The topological polar surface area (TPSA) is 42.4 Å². The van der Waals surface area contributed by atoms with Crippen molar-refractivity contribution in [1.82, 2.24) is 4.98 Å². The fourth-order valence-electron chi connectivity index (χ4n) is 1.91. The normalized spacial score (nSPS) is 20.2. The van der Waals surface area contributed by atoms with Crippen molar-refractivity contribution in [3.63, 3.8) is 0 Å². The number of thiazole rings is 1. The summed E-state index contributed by atoms with van der Waals surface area (Å²) >= 11 is 1.43. The molecule has 0 spiro atoms. The van der Waals surface area contributed by atoms with Crippen LogP contribution in [0.25, 0.3) is 0 Å². The standard InChI is InChI=1S/C11H16N2O2S/c1-7-4-5-13(6-7)11-12-8(2)9(16-11)10(14)15-3/h7H,4-6H2,1-3H3. The van der Waals surface area contributed by atoms with Gasteiger partial charge in [-0.15, -0.1) is 0 Å². The van der Waals surface area contributed by atoms with E-state index in [1.165, 1.54) is 24.9 Å². The van der Waals surface area contributed by atoms with Crippen LogP contribution in [-0.4, -0.2) is 31.2 Å². The Morgan fingerprint density at radius 3 is 2.94 bits per heavy atom. The van der Waals surface area contributed by atoms with Crippen molar-refractivity contribution in [1.29, 1.82) is 0 Å². The summed E-state index contributed by atoms with van der Waals surface area (Å²) in [7, 11) is 1.40. The molecule has 1 aliphatic rings. The predicted octanol–water partition coefficient (Wildman–Crippen LogP) is 2.08. The minimum absolute atomic E-state index is 0.284. The van der Waals surface area contributed by atoms with Crippen molar-refractivity contribution >= 4 is 22.4 Å². The van der Waals surface area contributed by atoms with Gasteiger partial charge in [0, 0.05) is 13.1 Å². The number of anilines is 1. The smallest absolute Gasteiger partial charge is 0.350 e. The quantitative estimate of drug-likeness (QED) is 0.742. The molecule has 0 radical (unpaired) electrons. The predicted molar refractivity (Wildman–Crippen MR) is 64.2 cm³/mol. The Kier molecular flexibility index (Phi) is 3.14. The van der Waals surface area contributed by atoms with Gasteiger partial charge < -0.3 is 9.64 Å². The van der Waals surface area contributed by atoms with Crippen molar-refractivity contribution in [3.05, 3.63) is 10.6 Å². The van der Waals surface area contributed by atoms with Crippen molar-refractivity contribution in [2.45, 2.75) is 20.3 Å². The summed E-state index contributed by atoms with van der Waals surface area (Å²) in [5.41, 5.74) is 0.770. The van der Waals surface area contributed by atoms with E-state index in [0.29, 0.717) is 10.8 Å². The minimum Gasteiger partial charge on any atom is -0.465 e. The van der Waals surface area contributed by atoms with Crippen LogP contribution in [0.2, 0.25) is 0 Å². The molecule has 1 unspecified atom stereocenters. The highest BCUT2D eigenvalue weighted by atomic mass is 32.1. The molecule has 2 rings (SSSR count). The van der Waals surface area contributed by atoms with E-state index in [1.54, 1.807) is 0 Å². The minimum atomic E-state index is -0.284. The Balaban J connectivity index is 2.20. The third-order valence-electron chi connectivity index (χ3n) is 2.85. The van der Waals surface area contributed by atoms with Gasteiger partial charge in [-0.25, -0.2) is 9.78 Å². The Bertz CT molecular complexity index is 403. The zero-order valence-electron chi connectivity index (χ0n) is 9.82. The molecule has 2 heterocycles. The van der Waals surface area contributed by atoms with Gasteiger partial charge in [-0.05, 0) is 19.3 Å². The third kappa shape index (κ3) is 2.04. The molecule has 0 amide bonds. The third-order valence-corrected chi connectivity index (χ3v) is 4.05. The van der Waals surface area contributed by atoms with Crippen LogP contribution >= 0.6 is 11.3 Å². The summed E-state index contributed by atoms with van der Waals surface area (Å²) in [5.74, 6) is 0.430. The molecule has 1 saturated heterocycles. The molecule has 1 aliphatic heterocycles. The highest BCUT2D eigenvalue weighted by Gasteiger charge is 2.24. The second-order valence-electron chi connectivity index (χ2n) is 4.24. The molecule has 16 heavy (non-hydrogen) atoms. The van der Waals surface area contributed by atoms with Crippen molar-refractivity contribution in [3.8, 4) is 0 Å². The lowest BCUT2D eigenvalue weighted by molar-refractivity contribution is 0.0605. The highest BCUT2D eigenvalue weighted by molar-refractivity contribution is 7.17. The van der Waals surface area contributed by atoms with Gasteiger partial charge in [0.05, 0.1) is 12.8 Å². The van der Waals surface area contributed by atoms with Gasteiger partial charge in [-0.1, -0.05) is 18.3 Å². The van der Waals surface area contributed by atoms with Gasteiger partial charge in [0.2, 0.25) is 0 Å². The molecule has 1 aromatic rings. The number of aryl methyl sites for hydroxylation is 1. The lowest BCUT2D eigenvalue weighted by Crippen LogP contribution is -2.18. The summed E-state index contributed by atoms with van der Waals surface area (Å²) in [6.45, 7) is 6.16. The summed E-state index contributed by atoms with van der Waals surface area (Å²) in [5, 5.41) is 0.947. The van der Waals surface area contributed by atoms with Gasteiger partial charge in [0.25, 0.3) is 0 Å². The van der Waals surface area contributed by atoms with E-state index in [2.05, 4.69) is 16.8 Å². The van der Waals surface area contributed by atoms with Crippen molar-refractivity contribution in [2.24, 2.45) is 5.92 Å². The number of nitrogens with zero attached hydrogens (tertiary/aromatic N) is 2. The summed E-state index contributed by atoms with van der Waals surface area (Å²) in [6, 6.07) is 0. The highest BCUT2D eigenvalue weighted by Crippen LogP contribution is 2.30. The van der Waals surface area contributed by atoms with Crippen molar-refractivity contribution < 1.29 is 9.53 Å². The van der Waals surface area contributed by atoms with Crippen LogP contribution in [0.3, 0.4) is 0 Å². The van der Waals surface area contributed by atoms with Gasteiger partial charge in [0.1, 0.15) is 4.88 Å². The monoisotopic (exact) mass is 240 g/mol. The van der Waals surface area contributed by atoms with Gasteiger partial charge in [-0.3, -0.25) is 0 Å². The van der Waals surface area contributed by atoms with E-state index in [4.69, 9.17) is 4.74 Å². The molecule has 0 N–H and O–H groups in total. The lowest BCUT2D eigenvalue weighted by atomic mass is 10.2. The fourth-order valence-corrected chi connectivity index (χ4v) is 2.93. The number of methoxy groups -OCH3 is 1. The second-order valence-corrected chi connectivity index (χ2v) is 5.22. The van der Waals surface area contributed by atoms with E-state index in [-0.39, 0.29) is 5.97 Å². The van der Waals surface area contributed by atoms with Gasteiger partial charge >= 0.3 is 5.97 Å². The molecule has 1 atom stereocenters. The van der Waals surface area contributed by atoms with Crippen LogP contribution in [0.15, 0.2) is 0 Å². The Morgan fingerprint density at radius 2 is 2.38 bits per heavy atom. The SMILES string of the molecule is COC(=O)c1sc(N2CCC(C)C2)nc1C. The van der Waals surface area contributed by atoms with Gasteiger partial charge in [0.15, 0.2) is 5.13 Å². The maximum Gasteiger partial charge on any atom is 0.350 e. The average molecular weight is 240 g/mol. The molecule has 0 bridgehead atoms. The molecule has 0 aromatic carbocycles. The van der Waals surface area contributed by atoms with Crippen LogP contribution in [0.1, 0.15) is 28.7 Å². The number of carbonyl (C=O) groups excluding carboxylic acids is 1. The first-order valence-electron chi connectivity index (χ1n) is 5.42. The Morgan fingerprint density at radius 1 is 1.62 bits per heavy atom. The maximum atomic E-state index is 11.5. The molecular formula is C11H16N2O2S. The van der Waals surface area contributed by atoms with Gasteiger partial charge in [-0.2, -0.15) is 0 Å². The van der Waals surface area contributed by atoms with Crippen LogP contribution in [0.4, 0.5) is 5.13 Å². The van der Waals surface area contributed by atoms with E-state index in [0.717, 1.165) is 23.9 Å². The molecule has 1 aromatic heterocycles. The first kappa shape index (κ1) is 11.4. The second kappa shape index (κ2) is 4.41. The first-order valence-corrected chi connectivity index (χ1v) is 6.24. The lowest BCUT2D eigenvalue weighted by Gasteiger charge is -2.13. The van der Waals surface area contributed by atoms with Crippen LogP contribution in [0.5, 0.6) is 0 Å². The van der Waals surface area contributed by atoms with E-state index in [1.807, 2.05) is 6.92 Å². The number of aromatic nitrogens is 1. The van der Waals surface area contributed by atoms with Crippen LogP contribution in [0, 0.1) is 12.8 Å². The molecule has 4 nitrogen and oxygen atoms in total. The number of ether oxygens (including phenoxy) is 1. The molecule has 5 heteroatoms. The van der Waals surface area contributed by atoms with Crippen LogP contribution in [-0.2, 0) is 4.74 Å². The first-order chi connectivity index (χ1) is 7.61. The number of carbonyl (C=O) groups is 1. The Labute approximate surface area is 99.2 Å². The maximum absolute atomic E-state index is 11.5. The largest absolute Gasteiger partial charge is 0.465 e. The summed E-state index contributed by atoms with van der Waals surface area (Å²) < 4.78 is 4.73. The number of hydrogen-bond donors (Lipinski definition) is 0. The molecule has 0 aliphatic carbocycles. The zero-order chi connectivity index (χ0) is 11.7. The van der Waals surface area contributed by atoms with Crippen LogP contribution < -0.4 is 4.90 Å². The fraction of sp³-hybridized carbons (Fsp3) is 0.636. The van der Waals surface area contributed by atoms with Crippen molar-refractivity contribution in [2.75, 3.05) is 25.1 Å². The van der Waals surface area contributed by atoms with E-state index >= 15 is 0 Å². The molecule has 1 fully saturated rings. The number of hydrogen-bond acceptors (Lipinski definition) is 5. The Hall–Kier alpha value is -1.10. The molecular weight excluding hydrogens is 224 g/mol. The van der Waals surface area contributed by atoms with E-state index < -0.39 is 0 Å². The molecule has 0 saturated carbocycles. The number of esters is 1. The summed E-state index contributed by atoms with van der Waals surface area (Å²) in [4.78, 5) is 18.8. The number of rotatable bonds is 2. The van der Waals surface area contributed by atoms with E-state index in [9.17, 15) is 4.79 Å². The summed E-state index contributed by atoms with van der Waals surface area (Å²) in [6.07, 6.45) is 1.20.